The standard InChI is InChI=1S/C21H30NO4P/c1-16(2)14-15-26-27(24,20-12-8-18(9-13-20)22(3)4)21(23)17-6-10-19(25-5)11-7-17/h6-13,16,21,23H,14-15H2,1-5H3/t21-,27-/m1/s1. The van der Waals surface area contributed by atoms with Crippen LogP contribution in [0.1, 0.15) is 31.7 Å². The summed E-state index contributed by atoms with van der Waals surface area (Å²) >= 11 is 0. The lowest BCUT2D eigenvalue weighted by Crippen LogP contribution is -2.16. The number of benzene rings is 2. The minimum atomic E-state index is -3.52. The highest BCUT2D eigenvalue weighted by atomic mass is 31.2. The van der Waals surface area contributed by atoms with E-state index < -0.39 is 13.2 Å². The van der Waals surface area contributed by atoms with Crippen molar-refractivity contribution >= 4 is 18.4 Å². The van der Waals surface area contributed by atoms with Crippen molar-refractivity contribution in [1.82, 2.24) is 0 Å². The second-order valence-electron chi connectivity index (χ2n) is 7.17. The number of anilines is 1. The van der Waals surface area contributed by atoms with Gasteiger partial charge in [0.05, 0.1) is 13.7 Å². The van der Waals surface area contributed by atoms with E-state index in [0.29, 0.717) is 29.1 Å². The molecule has 6 heteroatoms. The molecule has 0 aliphatic heterocycles. The molecule has 0 spiro atoms. The van der Waals surface area contributed by atoms with Crippen LogP contribution in [-0.2, 0) is 9.09 Å². The van der Waals surface area contributed by atoms with E-state index in [2.05, 4.69) is 13.8 Å². The van der Waals surface area contributed by atoms with Gasteiger partial charge in [0.2, 0.25) is 0 Å². The highest BCUT2D eigenvalue weighted by Crippen LogP contribution is 2.58. The first-order valence-corrected chi connectivity index (χ1v) is 10.8. The van der Waals surface area contributed by atoms with Crippen molar-refractivity contribution in [3.8, 4) is 5.75 Å². The first kappa shape index (κ1) is 21.5. The van der Waals surface area contributed by atoms with Gasteiger partial charge in [-0.15, -0.1) is 0 Å². The van der Waals surface area contributed by atoms with Crippen molar-refractivity contribution in [3.05, 3.63) is 54.1 Å². The zero-order valence-corrected chi connectivity index (χ0v) is 17.6. The SMILES string of the molecule is COc1ccc([C@H](O)[P@](=O)(OCCC(C)C)c2ccc(N(C)C)cc2)cc1. The average molecular weight is 391 g/mol. The van der Waals surface area contributed by atoms with Gasteiger partial charge in [0, 0.05) is 25.1 Å². The predicted molar refractivity (Wildman–Crippen MR) is 111 cm³/mol. The molecule has 0 radical (unpaired) electrons. The van der Waals surface area contributed by atoms with E-state index >= 15 is 0 Å². The van der Waals surface area contributed by atoms with Gasteiger partial charge >= 0.3 is 0 Å². The maximum absolute atomic E-state index is 13.8. The topological polar surface area (TPSA) is 59.0 Å². The zero-order chi connectivity index (χ0) is 20.0. The molecule has 0 aromatic heterocycles. The first-order valence-electron chi connectivity index (χ1n) is 9.12. The lowest BCUT2D eigenvalue weighted by Gasteiger charge is -2.25. The van der Waals surface area contributed by atoms with Gasteiger partial charge in [0.25, 0.3) is 7.37 Å². The Labute approximate surface area is 162 Å². The molecule has 0 amide bonds. The van der Waals surface area contributed by atoms with E-state index in [1.807, 2.05) is 31.1 Å². The second kappa shape index (κ2) is 9.41. The van der Waals surface area contributed by atoms with Crippen LogP contribution in [0.3, 0.4) is 0 Å². The summed E-state index contributed by atoms with van der Waals surface area (Å²) in [5, 5.41) is 11.5. The Morgan fingerprint density at radius 1 is 1.04 bits per heavy atom. The summed E-state index contributed by atoms with van der Waals surface area (Å²) in [5.41, 5.74) is 1.53. The summed E-state index contributed by atoms with van der Waals surface area (Å²) in [5.74, 6) is -0.134. The zero-order valence-electron chi connectivity index (χ0n) is 16.8. The first-order chi connectivity index (χ1) is 12.8. The van der Waals surface area contributed by atoms with Crippen LogP contribution in [0.4, 0.5) is 5.69 Å². The molecule has 0 unspecified atom stereocenters. The number of hydrogen-bond donors (Lipinski definition) is 1. The quantitative estimate of drug-likeness (QED) is 0.642. The molecule has 5 nitrogen and oxygen atoms in total. The monoisotopic (exact) mass is 391 g/mol. The number of aliphatic hydroxyl groups is 1. The van der Waals surface area contributed by atoms with E-state index in [4.69, 9.17) is 9.26 Å². The molecule has 0 aliphatic carbocycles. The van der Waals surface area contributed by atoms with E-state index in [-0.39, 0.29) is 0 Å². The summed E-state index contributed by atoms with van der Waals surface area (Å²) in [6.45, 7) is 4.50. The van der Waals surface area contributed by atoms with Crippen molar-refractivity contribution in [2.24, 2.45) is 5.92 Å². The average Bonchev–Trinajstić information content (AvgIpc) is 2.67. The second-order valence-corrected chi connectivity index (χ2v) is 9.63. The molecule has 0 fully saturated rings. The van der Waals surface area contributed by atoms with Crippen LogP contribution in [0.25, 0.3) is 0 Å². The third-order valence-corrected chi connectivity index (χ3v) is 6.97. The van der Waals surface area contributed by atoms with Crippen molar-refractivity contribution in [1.29, 1.82) is 0 Å². The molecule has 2 aromatic rings. The highest BCUT2D eigenvalue weighted by Gasteiger charge is 2.36. The van der Waals surface area contributed by atoms with Gasteiger partial charge in [-0.2, -0.15) is 0 Å². The van der Waals surface area contributed by atoms with Crippen LogP contribution in [0.15, 0.2) is 48.5 Å². The Hall–Kier alpha value is -1.81. The summed E-state index contributed by atoms with van der Waals surface area (Å²) in [6.07, 6.45) is 0.773. The fraction of sp³-hybridized carbons (Fsp3) is 0.429. The third kappa shape index (κ3) is 5.35. The fourth-order valence-electron chi connectivity index (χ4n) is 2.64. The normalized spacial score (nSPS) is 14.6. The molecule has 2 aromatic carbocycles. The van der Waals surface area contributed by atoms with E-state index in [9.17, 15) is 9.67 Å². The van der Waals surface area contributed by atoms with Crippen LogP contribution in [-0.4, -0.2) is 32.9 Å². The Kier molecular flexibility index (Phi) is 7.49. The lowest BCUT2D eigenvalue weighted by atomic mass is 10.2. The smallest absolute Gasteiger partial charge is 0.264 e. The van der Waals surface area contributed by atoms with Crippen LogP contribution < -0.4 is 14.9 Å². The van der Waals surface area contributed by atoms with Crippen molar-refractivity contribution in [2.45, 2.75) is 26.1 Å². The largest absolute Gasteiger partial charge is 0.497 e. The molecule has 2 atom stereocenters. The molecule has 0 saturated carbocycles. The summed E-state index contributed by atoms with van der Waals surface area (Å²) in [7, 11) is 1.95. The van der Waals surface area contributed by atoms with Gasteiger partial charge in [-0.1, -0.05) is 26.0 Å². The molecular weight excluding hydrogens is 361 g/mol. The number of nitrogens with zero attached hydrogens (tertiary/aromatic N) is 1. The number of methoxy groups -OCH3 is 1. The van der Waals surface area contributed by atoms with Crippen molar-refractivity contribution < 1.29 is 18.9 Å². The van der Waals surface area contributed by atoms with Crippen molar-refractivity contribution in [2.75, 3.05) is 32.7 Å². The fourth-order valence-corrected chi connectivity index (χ4v) is 4.72. The number of hydrogen-bond acceptors (Lipinski definition) is 5. The number of ether oxygens (including phenoxy) is 1. The molecule has 148 valence electrons. The van der Waals surface area contributed by atoms with Gasteiger partial charge in [-0.3, -0.25) is 4.57 Å². The Balaban J connectivity index is 2.36. The van der Waals surface area contributed by atoms with Gasteiger partial charge in [-0.05, 0) is 54.3 Å². The maximum atomic E-state index is 13.8. The molecule has 0 heterocycles. The molecule has 0 saturated heterocycles. The van der Waals surface area contributed by atoms with Crippen LogP contribution in [0.5, 0.6) is 5.75 Å². The van der Waals surface area contributed by atoms with Crippen LogP contribution >= 0.6 is 7.37 Å². The summed E-state index contributed by atoms with van der Waals surface area (Å²) < 4.78 is 24.8. The number of aliphatic hydroxyl groups excluding tert-OH is 1. The van der Waals surface area contributed by atoms with E-state index in [1.165, 1.54) is 0 Å². The molecule has 0 bridgehead atoms. The van der Waals surface area contributed by atoms with Crippen molar-refractivity contribution in [3.63, 3.8) is 0 Å². The third-order valence-electron chi connectivity index (χ3n) is 4.44. The van der Waals surface area contributed by atoms with Gasteiger partial charge < -0.3 is 19.3 Å². The molecule has 1 N–H and O–H groups in total. The summed E-state index contributed by atoms with van der Waals surface area (Å²) in [6, 6.07) is 14.2. The van der Waals surface area contributed by atoms with Crippen LogP contribution in [0.2, 0.25) is 0 Å². The minimum Gasteiger partial charge on any atom is -0.497 e. The Morgan fingerprint density at radius 2 is 1.63 bits per heavy atom. The number of rotatable bonds is 9. The Bertz CT molecular complexity index is 757. The van der Waals surface area contributed by atoms with Gasteiger partial charge in [0.15, 0.2) is 5.85 Å². The maximum Gasteiger partial charge on any atom is 0.264 e. The molecule has 27 heavy (non-hydrogen) atoms. The minimum absolute atomic E-state index is 0.331. The van der Waals surface area contributed by atoms with Gasteiger partial charge in [-0.25, -0.2) is 0 Å². The van der Waals surface area contributed by atoms with Crippen LogP contribution in [0, 0.1) is 5.92 Å². The lowest BCUT2D eigenvalue weighted by molar-refractivity contribution is 0.209. The highest BCUT2D eigenvalue weighted by molar-refractivity contribution is 7.67. The predicted octanol–water partition coefficient (Wildman–Crippen LogP) is 4.42. The van der Waals surface area contributed by atoms with E-state index in [0.717, 1.165) is 12.1 Å². The summed E-state index contributed by atoms with van der Waals surface area (Å²) in [4.78, 5) is 1.97. The molecule has 0 aliphatic rings. The Morgan fingerprint density at radius 3 is 2.11 bits per heavy atom. The van der Waals surface area contributed by atoms with E-state index in [1.54, 1.807) is 43.5 Å². The molecule has 2 rings (SSSR count). The molecular formula is C21H30NO4P. The van der Waals surface area contributed by atoms with Gasteiger partial charge in [0.1, 0.15) is 5.75 Å².